The second kappa shape index (κ2) is 12.3. The van der Waals surface area contributed by atoms with Crippen molar-refractivity contribution in [2.45, 2.75) is 44.7 Å². The Morgan fingerprint density at radius 1 is 1.08 bits per heavy atom. The molecule has 3 aliphatic rings. The number of carbonyl (C=O) groups is 4. The quantitative estimate of drug-likeness (QED) is 0.451. The topological polar surface area (TPSA) is 105 Å². The van der Waals surface area contributed by atoms with Gasteiger partial charge in [0.1, 0.15) is 24.2 Å². The maximum absolute atomic E-state index is 12.9. The van der Waals surface area contributed by atoms with Gasteiger partial charge >= 0.3 is 0 Å². The van der Waals surface area contributed by atoms with Crippen LogP contribution in [0.25, 0.3) is 0 Å². The zero-order chi connectivity index (χ0) is 27.4. The Labute approximate surface area is 232 Å². The highest BCUT2D eigenvalue weighted by Gasteiger charge is 2.39. The predicted octanol–water partition coefficient (Wildman–Crippen LogP) is 2.56. The molecule has 1 N–H and O–H groups in total. The fraction of sp³-hybridized carbons (Fsp3) is 0.448. The van der Waals surface area contributed by atoms with E-state index in [1.807, 2.05) is 24.3 Å². The maximum Gasteiger partial charge on any atom is 0.255 e. The Morgan fingerprint density at radius 2 is 1.87 bits per heavy atom. The van der Waals surface area contributed by atoms with Gasteiger partial charge in [-0.1, -0.05) is 29.8 Å². The number of hydrogen-bond acceptors (Lipinski definition) is 7. The molecule has 0 saturated carbocycles. The molecule has 0 spiro atoms. The smallest absolute Gasteiger partial charge is 0.255 e. The highest BCUT2D eigenvalue weighted by molar-refractivity contribution is 6.32. The predicted molar refractivity (Wildman–Crippen MR) is 144 cm³/mol. The van der Waals surface area contributed by atoms with Gasteiger partial charge in [-0.3, -0.25) is 29.4 Å². The Kier molecular flexibility index (Phi) is 8.60. The summed E-state index contributed by atoms with van der Waals surface area (Å²) in [7, 11) is 0. The van der Waals surface area contributed by atoms with E-state index in [2.05, 4.69) is 10.2 Å². The molecule has 2 saturated heterocycles. The molecule has 2 aromatic carbocycles. The number of rotatable bonds is 10. The van der Waals surface area contributed by atoms with Crippen molar-refractivity contribution >= 4 is 35.1 Å². The van der Waals surface area contributed by atoms with Crippen LogP contribution in [-0.2, 0) is 38.5 Å². The molecular formula is C29H32ClN3O6. The van der Waals surface area contributed by atoms with Crippen molar-refractivity contribution in [1.29, 1.82) is 0 Å². The van der Waals surface area contributed by atoms with Crippen LogP contribution in [0.2, 0.25) is 5.02 Å². The number of carbonyl (C=O) groups excluding carboxylic acids is 4. The summed E-state index contributed by atoms with van der Waals surface area (Å²) in [6.45, 7) is 4.98. The third-order valence-electron chi connectivity index (χ3n) is 7.45. The minimum Gasteiger partial charge on any atom is -0.491 e. The third-order valence-corrected chi connectivity index (χ3v) is 7.74. The van der Waals surface area contributed by atoms with Crippen molar-refractivity contribution < 1.29 is 28.7 Å². The van der Waals surface area contributed by atoms with Crippen LogP contribution in [0, 0.1) is 0 Å². The number of fused-ring (bicyclic) bond motifs is 1. The van der Waals surface area contributed by atoms with Gasteiger partial charge in [0.25, 0.3) is 5.91 Å². The molecule has 206 valence electrons. The first-order chi connectivity index (χ1) is 18.9. The first kappa shape index (κ1) is 27.3. The third kappa shape index (κ3) is 6.66. The SMILES string of the molecule is O=C(CCc1ccc2c(c1)CN(C1CCC(=O)NC1=O)C2=O)Cc1ccc(OCCN2CCOCC2)c(Cl)c1. The van der Waals surface area contributed by atoms with Crippen LogP contribution in [0.15, 0.2) is 36.4 Å². The van der Waals surface area contributed by atoms with Crippen LogP contribution in [0.3, 0.4) is 0 Å². The van der Waals surface area contributed by atoms with Crippen LogP contribution in [0.5, 0.6) is 5.75 Å². The Hall–Kier alpha value is -3.27. The number of benzene rings is 2. The number of nitrogens with one attached hydrogen (secondary N) is 1. The van der Waals surface area contributed by atoms with Crippen molar-refractivity contribution in [3.8, 4) is 5.75 Å². The first-order valence-electron chi connectivity index (χ1n) is 13.4. The number of aryl methyl sites for hydroxylation is 1. The van der Waals surface area contributed by atoms with Crippen LogP contribution in [-0.4, -0.2) is 78.8 Å². The molecule has 0 radical (unpaired) electrons. The van der Waals surface area contributed by atoms with Gasteiger partial charge in [0.2, 0.25) is 11.8 Å². The van der Waals surface area contributed by atoms with Crippen LogP contribution < -0.4 is 10.1 Å². The minimum absolute atomic E-state index is 0.0915. The number of hydrogen-bond donors (Lipinski definition) is 1. The summed E-state index contributed by atoms with van der Waals surface area (Å²) < 4.78 is 11.2. The average Bonchev–Trinajstić information content (AvgIpc) is 3.24. The normalized spacial score (nSPS) is 19.7. The summed E-state index contributed by atoms with van der Waals surface area (Å²) in [6, 6.07) is 10.4. The molecule has 5 rings (SSSR count). The molecule has 2 fully saturated rings. The summed E-state index contributed by atoms with van der Waals surface area (Å²) >= 11 is 6.41. The molecule has 9 nitrogen and oxygen atoms in total. The van der Waals surface area contributed by atoms with E-state index in [1.54, 1.807) is 12.1 Å². The Morgan fingerprint density at radius 3 is 2.64 bits per heavy atom. The number of nitrogens with zero attached hydrogens (tertiary/aromatic N) is 2. The Bertz CT molecular complexity index is 1280. The van der Waals surface area contributed by atoms with Crippen LogP contribution >= 0.6 is 11.6 Å². The van der Waals surface area contributed by atoms with Crippen molar-refractivity contribution in [1.82, 2.24) is 15.1 Å². The molecule has 10 heteroatoms. The standard InChI is InChI=1S/C29H32ClN3O6/c30-24-17-20(3-7-26(24)39-14-11-32-9-12-38-13-10-32)16-22(34)4-1-19-2-5-23-21(15-19)18-33(29(23)37)25-6-8-27(35)31-28(25)36/h2-3,5,7,15,17,25H,1,4,6,8-14,16,18H2,(H,31,35,36). The molecule has 0 aliphatic carbocycles. The number of piperidine rings is 1. The summed E-state index contributed by atoms with van der Waals surface area (Å²) in [5.74, 6) is -0.231. The second-order valence-corrected chi connectivity index (χ2v) is 10.6. The van der Waals surface area contributed by atoms with Crippen molar-refractivity contribution in [3.63, 3.8) is 0 Å². The highest BCUT2D eigenvalue weighted by Crippen LogP contribution is 2.29. The van der Waals surface area contributed by atoms with Gasteiger partial charge in [0.05, 0.1) is 18.2 Å². The molecule has 3 heterocycles. The number of imide groups is 1. The van der Waals surface area contributed by atoms with Gasteiger partial charge in [0.15, 0.2) is 0 Å². The number of Topliss-reactive ketones (excluding diaryl/α,β-unsaturated/α-hetero) is 1. The lowest BCUT2D eigenvalue weighted by Crippen LogP contribution is -2.52. The zero-order valence-corrected chi connectivity index (χ0v) is 22.5. The summed E-state index contributed by atoms with van der Waals surface area (Å²) in [5.41, 5.74) is 3.20. The van der Waals surface area contributed by atoms with E-state index in [4.69, 9.17) is 21.1 Å². The van der Waals surface area contributed by atoms with Gasteiger partial charge < -0.3 is 14.4 Å². The number of ketones is 1. The summed E-state index contributed by atoms with van der Waals surface area (Å²) in [5, 5.41) is 2.81. The van der Waals surface area contributed by atoms with Gasteiger partial charge in [0, 0.05) is 51.0 Å². The van der Waals surface area contributed by atoms with E-state index in [-0.39, 0.29) is 30.4 Å². The van der Waals surface area contributed by atoms with E-state index in [0.29, 0.717) is 48.7 Å². The molecule has 1 unspecified atom stereocenters. The molecule has 1 atom stereocenters. The molecular weight excluding hydrogens is 522 g/mol. The number of amides is 3. The number of ether oxygens (including phenoxy) is 2. The van der Waals surface area contributed by atoms with Crippen LogP contribution in [0.1, 0.15) is 46.3 Å². The van der Waals surface area contributed by atoms with E-state index in [1.165, 1.54) is 4.90 Å². The molecule has 0 aromatic heterocycles. The summed E-state index contributed by atoms with van der Waals surface area (Å²) in [6.07, 6.45) is 1.74. The van der Waals surface area contributed by atoms with Gasteiger partial charge in [-0.05, 0) is 47.7 Å². The lowest BCUT2D eigenvalue weighted by molar-refractivity contribution is -0.137. The monoisotopic (exact) mass is 553 g/mol. The molecule has 3 amide bonds. The zero-order valence-electron chi connectivity index (χ0n) is 21.7. The van der Waals surface area contributed by atoms with Gasteiger partial charge in [-0.2, -0.15) is 0 Å². The van der Waals surface area contributed by atoms with Crippen molar-refractivity contribution in [2.75, 3.05) is 39.5 Å². The second-order valence-electron chi connectivity index (χ2n) is 10.2. The molecule has 0 bridgehead atoms. The van der Waals surface area contributed by atoms with E-state index in [9.17, 15) is 19.2 Å². The summed E-state index contributed by atoms with van der Waals surface area (Å²) in [4.78, 5) is 53.1. The fourth-order valence-corrected chi connectivity index (χ4v) is 5.52. The van der Waals surface area contributed by atoms with E-state index >= 15 is 0 Å². The molecule has 3 aliphatic heterocycles. The minimum atomic E-state index is -0.638. The molecule has 2 aromatic rings. The number of halogens is 1. The number of morpholine rings is 1. The van der Waals surface area contributed by atoms with Crippen LogP contribution in [0.4, 0.5) is 0 Å². The van der Waals surface area contributed by atoms with Gasteiger partial charge in [-0.15, -0.1) is 0 Å². The fourth-order valence-electron chi connectivity index (χ4n) is 5.26. The maximum atomic E-state index is 12.9. The Balaban J connectivity index is 1.10. The van der Waals surface area contributed by atoms with Crippen molar-refractivity contribution in [3.05, 3.63) is 63.7 Å². The average molecular weight is 554 g/mol. The van der Waals surface area contributed by atoms with Gasteiger partial charge in [-0.25, -0.2) is 0 Å². The molecule has 39 heavy (non-hydrogen) atoms. The lowest BCUT2D eigenvalue weighted by Gasteiger charge is -2.29. The van der Waals surface area contributed by atoms with E-state index in [0.717, 1.165) is 49.5 Å². The largest absolute Gasteiger partial charge is 0.491 e. The highest BCUT2D eigenvalue weighted by atomic mass is 35.5. The lowest BCUT2D eigenvalue weighted by atomic mass is 9.99. The van der Waals surface area contributed by atoms with Crippen molar-refractivity contribution in [2.24, 2.45) is 0 Å². The van der Waals surface area contributed by atoms with E-state index < -0.39 is 11.9 Å². The first-order valence-corrected chi connectivity index (χ1v) is 13.7.